The Morgan fingerprint density at radius 3 is 2.62 bits per heavy atom. The molecule has 0 saturated carbocycles. The Morgan fingerprint density at radius 1 is 1.13 bits per heavy atom. The van der Waals surface area contributed by atoms with Gasteiger partial charge in [0.1, 0.15) is 23.2 Å². The van der Waals surface area contributed by atoms with Crippen LogP contribution < -0.4 is 15.4 Å². The van der Waals surface area contributed by atoms with Gasteiger partial charge in [-0.05, 0) is 75.4 Å². The lowest BCUT2D eigenvalue weighted by Crippen LogP contribution is -2.27. The molecule has 4 rings (SSSR count). The number of anilines is 3. The first-order valence-electron chi connectivity index (χ1n) is 11.9. The van der Waals surface area contributed by atoms with Gasteiger partial charge in [0.2, 0.25) is 0 Å². The fourth-order valence-corrected chi connectivity index (χ4v) is 4.36. The zero-order valence-electron chi connectivity index (χ0n) is 21.4. The number of carbonyl (C=O) groups excluding carboxylic acids is 1. The van der Waals surface area contributed by atoms with Gasteiger partial charge in [-0.3, -0.25) is 4.98 Å². The second-order valence-corrected chi connectivity index (χ2v) is 10.9. The number of carbonyl (C=O) groups is 1. The van der Waals surface area contributed by atoms with Crippen molar-refractivity contribution in [2.24, 2.45) is 0 Å². The highest BCUT2D eigenvalue weighted by atomic mass is 79.9. The van der Waals surface area contributed by atoms with Crippen molar-refractivity contribution in [2.75, 3.05) is 17.2 Å². The second-order valence-electron chi connectivity index (χ2n) is 9.63. The number of pyridine rings is 1. The van der Waals surface area contributed by atoms with E-state index in [1.54, 1.807) is 32.9 Å². The molecular weight excluding hydrogens is 587 g/mol. The van der Waals surface area contributed by atoms with E-state index >= 15 is 0 Å². The molecule has 0 spiro atoms. The second kappa shape index (κ2) is 11.9. The van der Waals surface area contributed by atoms with Gasteiger partial charge in [0, 0.05) is 39.5 Å². The number of halogens is 3. The third-order valence-electron chi connectivity index (χ3n) is 5.45. The molecule has 0 saturated heterocycles. The van der Waals surface area contributed by atoms with Crippen LogP contribution in [0.15, 0.2) is 65.3 Å². The lowest BCUT2D eigenvalue weighted by atomic mass is 10.1. The highest BCUT2D eigenvalue weighted by molar-refractivity contribution is 9.10. The fourth-order valence-electron chi connectivity index (χ4n) is 3.77. The Bertz CT molecular complexity index is 1580. The topological polar surface area (TPSA) is 96.3 Å². The van der Waals surface area contributed by atoms with E-state index in [0.717, 1.165) is 15.7 Å². The summed E-state index contributed by atoms with van der Waals surface area (Å²) in [6, 6.07) is 17.5. The van der Waals surface area contributed by atoms with Crippen molar-refractivity contribution >= 4 is 61.5 Å². The molecule has 1 aromatic heterocycles. The van der Waals surface area contributed by atoms with Gasteiger partial charge in [0.25, 0.3) is 0 Å². The number of hydrogen-bond acceptors (Lipinski definition) is 7. The molecule has 3 aromatic carbocycles. The van der Waals surface area contributed by atoms with E-state index < -0.39 is 17.4 Å². The van der Waals surface area contributed by atoms with Gasteiger partial charge in [0.05, 0.1) is 21.8 Å². The van der Waals surface area contributed by atoms with Crippen LogP contribution in [0.1, 0.15) is 31.9 Å². The summed E-state index contributed by atoms with van der Waals surface area (Å²) in [5.74, 6) is -0.445. The van der Waals surface area contributed by atoms with E-state index in [-0.39, 0.29) is 11.6 Å². The third-order valence-corrected chi connectivity index (χ3v) is 6.23. The van der Waals surface area contributed by atoms with Gasteiger partial charge in [-0.15, -0.1) is 0 Å². The van der Waals surface area contributed by atoms with Crippen LogP contribution in [0.3, 0.4) is 0 Å². The van der Waals surface area contributed by atoms with E-state index in [9.17, 15) is 14.4 Å². The SMILES string of the molecule is CC(C)(C)OC(=O)COc1ccc(Br)cc1CNc1ccc2ncc(C#N)c(Nc3ccc(F)c(Cl)c3)c2c1. The molecule has 0 bridgehead atoms. The number of esters is 1. The third kappa shape index (κ3) is 7.37. The van der Waals surface area contributed by atoms with Gasteiger partial charge in [-0.2, -0.15) is 5.26 Å². The standard InChI is InChI=1S/C29H25BrClFN4O3/c1-29(2,3)39-27(37)16-38-26-9-4-19(30)10-17(26)14-34-20-6-8-25-22(11-20)28(18(13-33)15-35-25)36-21-5-7-24(32)23(31)12-21/h4-12,15,34H,14,16H2,1-3H3,(H,35,36). The molecule has 0 aliphatic carbocycles. The van der Waals surface area contributed by atoms with Gasteiger partial charge >= 0.3 is 5.97 Å². The zero-order valence-corrected chi connectivity index (χ0v) is 23.8. The van der Waals surface area contributed by atoms with Crippen molar-refractivity contribution < 1.29 is 18.7 Å². The molecule has 0 atom stereocenters. The first kappa shape index (κ1) is 28.1. The van der Waals surface area contributed by atoms with E-state index in [2.05, 4.69) is 37.6 Å². The average Bonchev–Trinajstić information content (AvgIpc) is 2.88. The summed E-state index contributed by atoms with van der Waals surface area (Å²) in [6.07, 6.45) is 1.48. The van der Waals surface area contributed by atoms with Crippen molar-refractivity contribution in [2.45, 2.75) is 32.9 Å². The number of nitriles is 1. The van der Waals surface area contributed by atoms with Gasteiger partial charge < -0.3 is 20.1 Å². The summed E-state index contributed by atoms with van der Waals surface area (Å²) in [5.41, 5.74) is 3.03. The van der Waals surface area contributed by atoms with Gasteiger partial charge in [0.15, 0.2) is 6.61 Å². The van der Waals surface area contributed by atoms with Crippen LogP contribution in [0.5, 0.6) is 5.75 Å². The Morgan fingerprint density at radius 2 is 1.90 bits per heavy atom. The molecule has 0 radical (unpaired) electrons. The fraction of sp³-hybridized carbons (Fsp3) is 0.207. The van der Waals surface area contributed by atoms with Crippen LogP contribution in [0.4, 0.5) is 21.5 Å². The summed E-state index contributed by atoms with van der Waals surface area (Å²) in [7, 11) is 0. The van der Waals surface area contributed by atoms with E-state index in [0.29, 0.717) is 40.1 Å². The highest BCUT2D eigenvalue weighted by Gasteiger charge is 2.17. The first-order chi connectivity index (χ1) is 18.5. The van der Waals surface area contributed by atoms with Crippen LogP contribution in [-0.2, 0) is 16.1 Å². The molecule has 0 amide bonds. The summed E-state index contributed by atoms with van der Waals surface area (Å²) in [6.45, 7) is 5.57. The Balaban J connectivity index is 1.58. The maximum absolute atomic E-state index is 13.7. The summed E-state index contributed by atoms with van der Waals surface area (Å²) in [5, 5.41) is 16.9. The minimum absolute atomic E-state index is 0.0297. The minimum Gasteiger partial charge on any atom is -0.482 e. The molecule has 10 heteroatoms. The quantitative estimate of drug-likeness (QED) is 0.197. The van der Waals surface area contributed by atoms with Crippen molar-refractivity contribution in [3.63, 3.8) is 0 Å². The monoisotopic (exact) mass is 610 g/mol. The molecule has 39 heavy (non-hydrogen) atoms. The Hall–Kier alpha value is -3.87. The maximum atomic E-state index is 13.7. The molecule has 0 fully saturated rings. The van der Waals surface area contributed by atoms with Crippen LogP contribution in [0.25, 0.3) is 10.9 Å². The normalized spacial score (nSPS) is 11.1. The zero-order chi connectivity index (χ0) is 28.2. The molecule has 0 aliphatic rings. The van der Waals surface area contributed by atoms with Crippen LogP contribution in [-0.4, -0.2) is 23.2 Å². The van der Waals surface area contributed by atoms with E-state index in [1.807, 2.05) is 30.3 Å². The largest absolute Gasteiger partial charge is 0.482 e. The number of ether oxygens (including phenoxy) is 2. The Kier molecular flexibility index (Phi) is 8.58. The number of rotatable bonds is 8. The molecule has 0 unspecified atom stereocenters. The van der Waals surface area contributed by atoms with Crippen LogP contribution in [0, 0.1) is 17.1 Å². The van der Waals surface area contributed by atoms with Gasteiger partial charge in [-0.1, -0.05) is 27.5 Å². The molecule has 0 aliphatic heterocycles. The molecule has 200 valence electrons. The maximum Gasteiger partial charge on any atom is 0.344 e. The van der Waals surface area contributed by atoms with Crippen molar-refractivity contribution in [3.05, 3.63) is 87.2 Å². The number of benzene rings is 3. The van der Waals surface area contributed by atoms with Crippen LogP contribution in [0.2, 0.25) is 5.02 Å². The highest BCUT2D eigenvalue weighted by Crippen LogP contribution is 2.32. The lowest BCUT2D eigenvalue weighted by molar-refractivity contribution is -0.157. The molecule has 7 nitrogen and oxygen atoms in total. The van der Waals surface area contributed by atoms with E-state index in [4.69, 9.17) is 21.1 Å². The first-order valence-corrected chi connectivity index (χ1v) is 13.1. The number of hydrogen-bond donors (Lipinski definition) is 2. The molecule has 4 aromatic rings. The van der Waals surface area contributed by atoms with Crippen molar-refractivity contribution in [1.82, 2.24) is 4.98 Å². The average molecular weight is 612 g/mol. The predicted molar refractivity (Wildman–Crippen MR) is 154 cm³/mol. The van der Waals surface area contributed by atoms with Crippen molar-refractivity contribution in [1.29, 1.82) is 5.26 Å². The minimum atomic E-state index is -0.600. The summed E-state index contributed by atoms with van der Waals surface area (Å²) < 4.78 is 25.6. The molecular formula is C29H25BrClFN4O3. The summed E-state index contributed by atoms with van der Waals surface area (Å²) in [4.78, 5) is 16.5. The van der Waals surface area contributed by atoms with Crippen molar-refractivity contribution in [3.8, 4) is 11.8 Å². The summed E-state index contributed by atoms with van der Waals surface area (Å²) >= 11 is 9.43. The van der Waals surface area contributed by atoms with E-state index in [1.165, 1.54) is 18.3 Å². The molecule has 1 heterocycles. The molecule has 2 N–H and O–H groups in total. The number of fused-ring (bicyclic) bond motifs is 1. The van der Waals surface area contributed by atoms with Gasteiger partial charge in [-0.25, -0.2) is 9.18 Å². The number of nitrogens with zero attached hydrogens (tertiary/aromatic N) is 2. The number of nitrogens with one attached hydrogen (secondary N) is 2. The predicted octanol–water partition coefficient (Wildman–Crippen LogP) is 7.74. The number of aromatic nitrogens is 1. The van der Waals surface area contributed by atoms with Crippen LogP contribution >= 0.6 is 27.5 Å². The lowest BCUT2D eigenvalue weighted by Gasteiger charge is -2.20. The smallest absolute Gasteiger partial charge is 0.344 e. The Labute approximate surface area is 239 Å².